The lowest BCUT2D eigenvalue weighted by Gasteiger charge is -2.50. The van der Waals surface area contributed by atoms with Crippen LogP contribution in [0.25, 0.3) is 0 Å². The molecule has 0 unspecified atom stereocenters. The zero-order valence-corrected chi connectivity index (χ0v) is 15.6. The molecule has 0 saturated carbocycles. The van der Waals surface area contributed by atoms with Gasteiger partial charge >= 0.3 is 0 Å². The highest BCUT2D eigenvalue weighted by molar-refractivity contribution is 5.38. The summed E-state index contributed by atoms with van der Waals surface area (Å²) >= 11 is 0. The minimum absolute atomic E-state index is 0.0316. The predicted molar refractivity (Wildman–Crippen MR) is 105 cm³/mol. The van der Waals surface area contributed by atoms with Crippen molar-refractivity contribution in [1.82, 2.24) is 4.90 Å². The van der Waals surface area contributed by atoms with E-state index in [0.717, 1.165) is 12.1 Å². The van der Waals surface area contributed by atoms with E-state index in [1.54, 1.807) is 0 Å². The average Bonchev–Trinajstić information content (AvgIpc) is 2.62. The molecule has 136 valence electrons. The van der Waals surface area contributed by atoms with E-state index in [-0.39, 0.29) is 18.2 Å². The second-order valence-corrected chi connectivity index (χ2v) is 7.25. The Labute approximate surface area is 156 Å². The third-order valence-electron chi connectivity index (χ3n) is 5.00. The molecule has 2 aromatic carbocycles. The number of hydrogen-bond donors (Lipinski definition) is 1. The largest absolute Gasteiger partial charge is 0.395 e. The van der Waals surface area contributed by atoms with Crippen LogP contribution in [0.2, 0.25) is 0 Å². The maximum absolute atomic E-state index is 10.1. The first kappa shape index (κ1) is 18.7. The third kappa shape index (κ3) is 4.16. The first-order valence-electron chi connectivity index (χ1n) is 9.22. The topological polar surface area (TPSA) is 32.7 Å². The van der Waals surface area contributed by atoms with Crippen LogP contribution in [0, 0.1) is 17.8 Å². The summed E-state index contributed by atoms with van der Waals surface area (Å²) in [6, 6.07) is 20.4. The molecule has 3 heteroatoms. The standard InChI is InChI=1S/C23H27NO2/c1-19(2)22(16-25)24(15-21-11-7-4-8-12-21)23(17-26-18-23)14-13-20-9-5-3-6-10-20/h3-12,19,22,25H,15-18H2,1-2H3/t22-/m1/s1. The summed E-state index contributed by atoms with van der Waals surface area (Å²) < 4.78 is 5.59. The molecule has 0 aliphatic carbocycles. The van der Waals surface area contributed by atoms with Crippen molar-refractivity contribution in [2.45, 2.75) is 32.0 Å². The second kappa shape index (κ2) is 8.51. The SMILES string of the molecule is CC(C)[C@@H](CO)N(Cc1ccccc1)C1(C#Cc2ccccc2)COC1. The monoisotopic (exact) mass is 349 g/mol. The Hall–Kier alpha value is -2.12. The summed E-state index contributed by atoms with van der Waals surface area (Å²) in [5.41, 5.74) is 1.87. The maximum atomic E-state index is 10.1. The van der Waals surface area contributed by atoms with Gasteiger partial charge in [-0.25, -0.2) is 0 Å². The van der Waals surface area contributed by atoms with Gasteiger partial charge in [0.1, 0.15) is 5.54 Å². The number of nitrogens with zero attached hydrogens (tertiary/aromatic N) is 1. The number of aliphatic hydroxyl groups is 1. The van der Waals surface area contributed by atoms with Crippen LogP contribution in [-0.2, 0) is 11.3 Å². The van der Waals surface area contributed by atoms with Gasteiger partial charge in [0.05, 0.1) is 19.8 Å². The number of rotatable bonds is 6. The van der Waals surface area contributed by atoms with Crippen molar-refractivity contribution in [2.24, 2.45) is 5.92 Å². The molecule has 1 saturated heterocycles. The van der Waals surface area contributed by atoms with E-state index >= 15 is 0 Å². The van der Waals surface area contributed by atoms with Gasteiger partial charge in [-0.2, -0.15) is 0 Å². The summed E-state index contributed by atoms with van der Waals surface area (Å²) in [5.74, 6) is 7.12. The Balaban J connectivity index is 1.94. The molecule has 0 spiro atoms. The molecular formula is C23H27NO2. The average molecular weight is 349 g/mol. The lowest BCUT2D eigenvalue weighted by molar-refractivity contribution is -0.136. The van der Waals surface area contributed by atoms with Gasteiger partial charge in [-0.1, -0.05) is 74.2 Å². The predicted octanol–water partition coefficient (Wildman–Crippen LogP) is 3.33. The van der Waals surface area contributed by atoms with Crippen LogP contribution in [0.3, 0.4) is 0 Å². The minimum Gasteiger partial charge on any atom is -0.395 e. The van der Waals surface area contributed by atoms with Crippen molar-refractivity contribution in [3.05, 3.63) is 71.8 Å². The highest BCUT2D eigenvalue weighted by atomic mass is 16.5. The molecule has 0 bridgehead atoms. The van der Waals surface area contributed by atoms with E-state index in [2.05, 4.69) is 54.9 Å². The molecule has 3 nitrogen and oxygen atoms in total. The molecule has 1 atom stereocenters. The molecule has 1 N–H and O–H groups in total. The Morgan fingerprint density at radius 3 is 2.15 bits per heavy atom. The van der Waals surface area contributed by atoms with Crippen molar-refractivity contribution in [3.8, 4) is 11.8 Å². The lowest BCUT2D eigenvalue weighted by Crippen LogP contribution is -2.65. The van der Waals surface area contributed by atoms with Gasteiger partial charge in [0.15, 0.2) is 0 Å². The fourth-order valence-electron chi connectivity index (χ4n) is 3.35. The van der Waals surface area contributed by atoms with Gasteiger partial charge in [0.2, 0.25) is 0 Å². The van der Waals surface area contributed by atoms with Gasteiger partial charge in [-0.3, -0.25) is 4.90 Å². The third-order valence-corrected chi connectivity index (χ3v) is 5.00. The van der Waals surface area contributed by atoms with Crippen LogP contribution in [-0.4, -0.2) is 41.4 Å². The van der Waals surface area contributed by atoms with Crippen molar-refractivity contribution in [2.75, 3.05) is 19.8 Å². The van der Waals surface area contributed by atoms with Gasteiger partial charge in [0.25, 0.3) is 0 Å². The summed E-state index contributed by atoms with van der Waals surface area (Å²) in [6.07, 6.45) is 0. The van der Waals surface area contributed by atoms with E-state index in [4.69, 9.17) is 4.74 Å². The summed E-state index contributed by atoms with van der Waals surface area (Å²) in [4.78, 5) is 2.34. The van der Waals surface area contributed by atoms with E-state index in [0.29, 0.717) is 19.1 Å². The Kier molecular flexibility index (Phi) is 6.11. The van der Waals surface area contributed by atoms with Crippen LogP contribution in [0.1, 0.15) is 25.0 Å². The van der Waals surface area contributed by atoms with Gasteiger partial charge in [-0.15, -0.1) is 0 Å². The van der Waals surface area contributed by atoms with E-state index in [9.17, 15) is 5.11 Å². The molecule has 1 fully saturated rings. The number of hydrogen-bond acceptors (Lipinski definition) is 3. The van der Waals surface area contributed by atoms with Crippen LogP contribution in [0.4, 0.5) is 0 Å². The van der Waals surface area contributed by atoms with E-state index in [1.165, 1.54) is 5.56 Å². The van der Waals surface area contributed by atoms with Crippen molar-refractivity contribution >= 4 is 0 Å². The van der Waals surface area contributed by atoms with E-state index < -0.39 is 0 Å². The molecule has 1 aliphatic heterocycles. The fourth-order valence-corrected chi connectivity index (χ4v) is 3.35. The lowest BCUT2D eigenvalue weighted by atomic mass is 9.89. The minimum atomic E-state index is -0.358. The molecule has 1 heterocycles. The highest BCUT2D eigenvalue weighted by Gasteiger charge is 2.46. The highest BCUT2D eigenvalue weighted by Crippen LogP contribution is 2.31. The van der Waals surface area contributed by atoms with Crippen LogP contribution < -0.4 is 0 Å². The number of ether oxygens (including phenoxy) is 1. The first-order valence-corrected chi connectivity index (χ1v) is 9.22. The summed E-state index contributed by atoms with van der Waals surface area (Å²) in [6.45, 7) is 6.30. The van der Waals surface area contributed by atoms with Crippen LogP contribution >= 0.6 is 0 Å². The molecule has 0 radical (unpaired) electrons. The molecular weight excluding hydrogens is 322 g/mol. The quantitative estimate of drug-likeness (QED) is 0.812. The Morgan fingerprint density at radius 2 is 1.65 bits per heavy atom. The number of benzene rings is 2. The van der Waals surface area contributed by atoms with Gasteiger partial charge in [-0.05, 0) is 23.6 Å². The fraction of sp³-hybridized carbons (Fsp3) is 0.391. The zero-order chi connectivity index (χ0) is 18.4. The van der Waals surface area contributed by atoms with E-state index in [1.807, 2.05) is 36.4 Å². The molecule has 2 aromatic rings. The van der Waals surface area contributed by atoms with Crippen LogP contribution in [0.15, 0.2) is 60.7 Å². The first-order chi connectivity index (χ1) is 12.6. The summed E-state index contributed by atoms with van der Waals surface area (Å²) in [5, 5.41) is 10.1. The molecule has 0 amide bonds. The van der Waals surface area contributed by atoms with Crippen molar-refractivity contribution in [1.29, 1.82) is 0 Å². The Morgan fingerprint density at radius 1 is 1.04 bits per heavy atom. The smallest absolute Gasteiger partial charge is 0.131 e. The summed E-state index contributed by atoms with van der Waals surface area (Å²) in [7, 11) is 0. The Bertz CT molecular complexity index is 742. The normalized spacial score (nSPS) is 16.7. The molecule has 26 heavy (non-hydrogen) atoms. The number of aliphatic hydroxyl groups excluding tert-OH is 1. The maximum Gasteiger partial charge on any atom is 0.131 e. The van der Waals surface area contributed by atoms with Gasteiger partial charge < -0.3 is 9.84 Å². The molecule has 3 rings (SSSR count). The van der Waals surface area contributed by atoms with Crippen molar-refractivity contribution < 1.29 is 9.84 Å². The molecule has 1 aliphatic rings. The zero-order valence-electron chi connectivity index (χ0n) is 15.6. The molecule has 0 aromatic heterocycles. The van der Waals surface area contributed by atoms with Gasteiger partial charge in [0, 0.05) is 18.2 Å². The van der Waals surface area contributed by atoms with Crippen molar-refractivity contribution in [3.63, 3.8) is 0 Å². The van der Waals surface area contributed by atoms with Crippen LogP contribution in [0.5, 0.6) is 0 Å². The second-order valence-electron chi connectivity index (χ2n) is 7.25.